The molecule has 1 aliphatic heterocycles. The number of nitrogens with one attached hydrogen (secondary N) is 1. The van der Waals surface area contributed by atoms with Gasteiger partial charge in [0.15, 0.2) is 0 Å². The van der Waals surface area contributed by atoms with Crippen LogP contribution in [0.1, 0.15) is 49.9 Å². The van der Waals surface area contributed by atoms with E-state index in [0.29, 0.717) is 6.04 Å². The van der Waals surface area contributed by atoms with Gasteiger partial charge in [-0.2, -0.15) is 0 Å². The molecule has 2 heterocycles. The first-order valence-electron chi connectivity index (χ1n) is 7.40. The van der Waals surface area contributed by atoms with Gasteiger partial charge in [-0.1, -0.05) is 13.0 Å². The average molecular weight is 264 g/mol. The van der Waals surface area contributed by atoms with E-state index in [4.69, 9.17) is 0 Å². The minimum atomic E-state index is 0.572. The standard InChI is InChI=1S/C15H24N2S/c1-2-14(15-4-3-11-18-15)16-12-7-9-17(10-8-12)13-5-6-13/h3-4,11-14,16H,2,5-10H2,1H3. The Morgan fingerprint density at radius 3 is 2.67 bits per heavy atom. The van der Waals surface area contributed by atoms with E-state index in [-0.39, 0.29) is 0 Å². The van der Waals surface area contributed by atoms with Crippen LogP contribution in [0.4, 0.5) is 0 Å². The van der Waals surface area contributed by atoms with Crippen LogP contribution in [0.5, 0.6) is 0 Å². The number of hydrogen-bond acceptors (Lipinski definition) is 3. The normalized spacial score (nSPS) is 24.3. The number of hydrogen-bond donors (Lipinski definition) is 1. The molecule has 0 amide bonds. The molecule has 1 atom stereocenters. The van der Waals surface area contributed by atoms with Crippen molar-refractivity contribution in [3.8, 4) is 0 Å². The molecule has 100 valence electrons. The first kappa shape index (κ1) is 12.6. The highest BCUT2D eigenvalue weighted by Gasteiger charge is 2.32. The van der Waals surface area contributed by atoms with Crippen molar-refractivity contribution in [2.24, 2.45) is 0 Å². The number of nitrogens with zero attached hydrogens (tertiary/aromatic N) is 1. The van der Waals surface area contributed by atoms with E-state index in [0.717, 1.165) is 12.1 Å². The molecule has 1 aliphatic carbocycles. The summed E-state index contributed by atoms with van der Waals surface area (Å²) in [5.41, 5.74) is 0. The lowest BCUT2D eigenvalue weighted by Crippen LogP contribution is -2.44. The van der Waals surface area contributed by atoms with E-state index in [1.54, 1.807) is 0 Å². The molecule has 1 aromatic rings. The maximum atomic E-state index is 3.87. The molecule has 2 nitrogen and oxygen atoms in total. The Bertz CT molecular complexity index is 351. The SMILES string of the molecule is CCC(NC1CCN(C2CC2)CC1)c1cccs1. The lowest BCUT2D eigenvalue weighted by Gasteiger charge is -2.34. The maximum Gasteiger partial charge on any atom is 0.0414 e. The Balaban J connectivity index is 1.50. The van der Waals surface area contributed by atoms with Gasteiger partial charge in [0, 0.05) is 23.0 Å². The molecule has 18 heavy (non-hydrogen) atoms. The summed E-state index contributed by atoms with van der Waals surface area (Å²) in [7, 11) is 0. The Morgan fingerprint density at radius 2 is 2.11 bits per heavy atom. The van der Waals surface area contributed by atoms with Gasteiger partial charge in [-0.3, -0.25) is 0 Å². The second kappa shape index (κ2) is 5.72. The molecule has 1 unspecified atom stereocenters. The molecule has 0 aromatic carbocycles. The first-order valence-corrected chi connectivity index (χ1v) is 8.28. The zero-order chi connectivity index (χ0) is 12.4. The van der Waals surface area contributed by atoms with Crippen molar-refractivity contribution in [2.45, 2.75) is 57.2 Å². The Labute approximate surface area is 114 Å². The van der Waals surface area contributed by atoms with Gasteiger partial charge in [0.1, 0.15) is 0 Å². The lowest BCUT2D eigenvalue weighted by molar-refractivity contribution is 0.182. The molecular formula is C15H24N2S. The molecule has 0 bridgehead atoms. The molecule has 1 aromatic heterocycles. The predicted molar refractivity (Wildman–Crippen MR) is 78.1 cm³/mol. The minimum absolute atomic E-state index is 0.572. The molecule has 0 radical (unpaired) electrons. The van der Waals surface area contributed by atoms with Gasteiger partial charge < -0.3 is 10.2 Å². The highest BCUT2D eigenvalue weighted by Crippen LogP contribution is 2.30. The fourth-order valence-corrected chi connectivity index (χ4v) is 3.92. The molecule has 3 heteroatoms. The molecule has 0 spiro atoms. The monoisotopic (exact) mass is 264 g/mol. The van der Waals surface area contributed by atoms with Crippen molar-refractivity contribution in [3.63, 3.8) is 0 Å². The van der Waals surface area contributed by atoms with Gasteiger partial charge in [-0.15, -0.1) is 11.3 Å². The lowest BCUT2D eigenvalue weighted by atomic mass is 10.0. The van der Waals surface area contributed by atoms with Gasteiger partial charge in [0.05, 0.1) is 0 Å². The van der Waals surface area contributed by atoms with E-state index in [9.17, 15) is 0 Å². The fourth-order valence-electron chi connectivity index (χ4n) is 3.05. The fraction of sp³-hybridized carbons (Fsp3) is 0.733. The zero-order valence-corrected chi connectivity index (χ0v) is 12.1. The summed E-state index contributed by atoms with van der Waals surface area (Å²) < 4.78 is 0. The molecule has 1 saturated carbocycles. The summed E-state index contributed by atoms with van der Waals surface area (Å²) in [4.78, 5) is 4.20. The number of rotatable bonds is 5. The topological polar surface area (TPSA) is 15.3 Å². The molecule has 2 aliphatic rings. The second-order valence-corrected chi connectivity index (χ2v) is 6.66. The summed E-state index contributed by atoms with van der Waals surface area (Å²) in [5, 5.41) is 6.06. The molecule has 2 fully saturated rings. The summed E-state index contributed by atoms with van der Waals surface area (Å²) in [6, 6.07) is 6.69. The van der Waals surface area contributed by atoms with Crippen molar-refractivity contribution in [3.05, 3.63) is 22.4 Å². The second-order valence-electron chi connectivity index (χ2n) is 5.68. The highest BCUT2D eigenvalue weighted by molar-refractivity contribution is 7.10. The minimum Gasteiger partial charge on any atom is -0.306 e. The van der Waals surface area contributed by atoms with Gasteiger partial charge in [-0.05, 0) is 56.6 Å². The van der Waals surface area contributed by atoms with Gasteiger partial charge >= 0.3 is 0 Å². The quantitative estimate of drug-likeness (QED) is 0.876. The van der Waals surface area contributed by atoms with Crippen LogP contribution in [0.25, 0.3) is 0 Å². The highest BCUT2D eigenvalue weighted by atomic mass is 32.1. The third-order valence-corrected chi connectivity index (χ3v) is 5.31. The summed E-state index contributed by atoms with van der Waals surface area (Å²) in [5.74, 6) is 0. The van der Waals surface area contributed by atoms with E-state index >= 15 is 0 Å². The van der Waals surface area contributed by atoms with Crippen LogP contribution in [-0.4, -0.2) is 30.1 Å². The number of piperidine rings is 1. The van der Waals surface area contributed by atoms with Crippen molar-refractivity contribution in [2.75, 3.05) is 13.1 Å². The van der Waals surface area contributed by atoms with Crippen LogP contribution in [0.3, 0.4) is 0 Å². The van der Waals surface area contributed by atoms with Crippen molar-refractivity contribution in [1.29, 1.82) is 0 Å². The van der Waals surface area contributed by atoms with Crippen LogP contribution < -0.4 is 5.32 Å². The van der Waals surface area contributed by atoms with E-state index in [1.807, 2.05) is 11.3 Å². The molecule has 3 rings (SSSR count). The maximum absolute atomic E-state index is 3.87. The van der Waals surface area contributed by atoms with Crippen LogP contribution in [0, 0.1) is 0 Å². The van der Waals surface area contributed by atoms with E-state index in [1.165, 1.54) is 50.1 Å². The average Bonchev–Trinajstić information content (AvgIpc) is 3.12. The molecule has 1 N–H and O–H groups in total. The van der Waals surface area contributed by atoms with Crippen LogP contribution in [0.15, 0.2) is 17.5 Å². The van der Waals surface area contributed by atoms with Crippen LogP contribution in [0.2, 0.25) is 0 Å². The Kier molecular flexibility index (Phi) is 4.02. The zero-order valence-electron chi connectivity index (χ0n) is 11.3. The van der Waals surface area contributed by atoms with Crippen molar-refractivity contribution >= 4 is 11.3 Å². The summed E-state index contributed by atoms with van der Waals surface area (Å²) >= 11 is 1.89. The third kappa shape index (κ3) is 2.95. The van der Waals surface area contributed by atoms with Gasteiger partial charge in [0.2, 0.25) is 0 Å². The van der Waals surface area contributed by atoms with E-state index in [2.05, 4.69) is 34.7 Å². The molecule has 1 saturated heterocycles. The van der Waals surface area contributed by atoms with Gasteiger partial charge in [-0.25, -0.2) is 0 Å². The van der Waals surface area contributed by atoms with Crippen LogP contribution in [-0.2, 0) is 0 Å². The number of thiophene rings is 1. The van der Waals surface area contributed by atoms with E-state index < -0.39 is 0 Å². The number of likely N-dealkylation sites (tertiary alicyclic amines) is 1. The Hall–Kier alpha value is -0.380. The first-order chi connectivity index (χ1) is 8.86. The van der Waals surface area contributed by atoms with Gasteiger partial charge in [0.25, 0.3) is 0 Å². The van der Waals surface area contributed by atoms with Crippen LogP contribution >= 0.6 is 11.3 Å². The van der Waals surface area contributed by atoms with Crippen molar-refractivity contribution < 1.29 is 0 Å². The van der Waals surface area contributed by atoms with Crippen molar-refractivity contribution in [1.82, 2.24) is 10.2 Å². The summed E-state index contributed by atoms with van der Waals surface area (Å²) in [6.07, 6.45) is 6.76. The smallest absolute Gasteiger partial charge is 0.0414 e. The largest absolute Gasteiger partial charge is 0.306 e. The Morgan fingerprint density at radius 1 is 1.33 bits per heavy atom. The predicted octanol–water partition coefficient (Wildman–Crippen LogP) is 3.42. The third-order valence-electron chi connectivity index (χ3n) is 4.32. The summed E-state index contributed by atoms with van der Waals surface area (Å²) in [6.45, 7) is 4.91. The molecular weight excluding hydrogens is 240 g/mol.